The summed E-state index contributed by atoms with van der Waals surface area (Å²) in [6, 6.07) is 16.4. The fourth-order valence-electron chi connectivity index (χ4n) is 2.90. The smallest absolute Gasteiger partial charge is 0.119 e. The van der Waals surface area contributed by atoms with Gasteiger partial charge in [-0.25, -0.2) is 0 Å². The Hall–Kier alpha value is -1.22. The largest absolute Gasteiger partial charge is 0.494 e. The maximum absolute atomic E-state index is 5.86. The van der Waals surface area contributed by atoms with Crippen LogP contribution in [-0.2, 0) is 13.0 Å². The van der Waals surface area contributed by atoms with Crippen LogP contribution in [0.25, 0.3) is 0 Å². The molecule has 23 heavy (non-hydrogen) atoms. The number of rotatable bonds is 6. The summed E-state index contributed by atoms with van der Waals surface area (Å²) < 4.78 is 5.73. The Morgan fingerprint density at radius 2 is 1.70 bits per heavy atom. The van der Waals surface area contributed by atoms with Gasteiger partial charge in [0.15, 0.2) is 0 Å². The predicted molar refractivity (Wildman–Crippen MR) is 98.9 cm³/mol. The first-order chi connectivity index (χ1) is 10.8. The number of unbranched alkanes of at least 4 members (excludes halogenated alkanes) is 1. The minimum atomic E-state index is 0. The summed E-state index contributed by atoms with van der Waals surface area (Å²) in [7, 11) is 0. The molecule has 3 rings (SSSR count). The summed E-state index contributed by atoms with van der Waals surface area (Å²) in [6.45, 7) is 4.19. The predicted octanol–water partition coefficient (Wildman–Crippen LogP) is 4.98. The van der Waals surface area contributed by atoms with Gasteiger partial charge in [0.2, 0.25) is 0 Å². The lowest BCUT2D eigenvalue weighted by Gasteiger charge is -2.28. The molecule has 0 atom stereocenters. The van der Waals surface area contributed by atoms with Crippen molar-refractivity contribution < 1.29 is 4.74 Å². The highest BCUT2D eigenvalue weighted by molar-refractivity contribution is 6.30. The molecule has 0 aliphatic carbocycles. The van der Waals surface area contributed by atoms with Gasteiger partial charge in [-0.3, -0.25) is 4.90 Å². The van der Waals surface area contributed by atoms with Crippen LogP contribution in [0, 0.1) is 0 Å². The van der Waals surface area contributed by atoms with Gasteiger partial charge >= 0.3 is 0 Å². The second-order valence-corrected chi connectivity index (χ2v) is 6.24. The highest BCUT2D eigenvalue weighted by Crippen LogP contribution is 2.19. The Morgan fingerprint density at radius 1 is 0.957 bits per heavy atom. The summed E-state index contributed by atoms with van der Waals surface area (Å²) >= 11 is 5.86. The topological polar surface area (TPSA) is 12.5 Å². The molecule has 2 aromatic carbocycles. The van der Waals surface area contributed by atoms with Crippen molar-refractivity contribution >= 4 is 24.0 Å². The van der Waals surface area contributed by atoms with Crippen molar-refractivity contribution in [3.8, 4) is 5.75 Å². The fourth-order valence-corrected chi connectivity index (χ4v) is 3.03. The lowest BCUT2D eigenvalue weighted by molar-refractivity contribution is 0.235. The molecule has 0 N–H and O–H groups in total. The zero-order valence-corrected chi connectivity index (χ0v) is 14.8. The number of hydrogen-bond donors (Lipinski definition) is 0. The van der Waals surface area contributed by atoms with Crippen LogP contribution in [0.4, 0.5) is 0 Å². The Kier molecular flexibility index (Phi) is 7.22. The highest BCUT2D eigenvalue weighted by Gasteiger charge is 2.14. The van der Waals surface area contributed by atoms with E-state index in [1.807, 2.05) is 24.3 Å². The first kappa shape index (κ1) is 18.1. The van der Waals surface area contributed by atoms with Gasteiger partial charge in [0.25, 0.3) is 0 Å². The Labute approximate surface area is 149 Å². The third-order valence-electron chi connectivity index (χ3n) is 4.16. The van der Waals surface area contributed by atoms with Gasteiger partial charge in [-0.2, -0.15) is 0 Å². The van der Waals surface area contributed by atoms with Crippen LogP contribution in [0.5, 0.6) is 5.75 Å². The summed E-state index contributed by atoms with van der Waals surface area (Å²) in [5.41, 5.74) is 3.01. The molecule has 0 unspecified atom stereocenters. The zero-order valence-electron chi connectivity index (χ0n) is 13.2. The number of nitrogens with zero attached hydrogens (tertiary/aromatic N) is 1. The maximum Gasteiger partial charge on any atom is 0.119 e. The van der Waals surface area contributed by atoms with Crippen molar-refractivity contribution in [2.75, 3.05) is 19.7 Å². The van der Waals surface area contributed by atoms with E-state index in [-0.39, 0.29) is 12.4 Å². The van der Waals surface area contributed by atoms with Gasteiger partial charge in [0.05, 0.1) is 6.61 Å². The molecule has 1 aliphatic rings. The third-order valence-corrected chi connectivity index (χ3v) is 4.41. The molecule has 4 heteroatoms. The lowest BCUT2D eigenvalue weighted by Crippen LogP contribution is -2.31. The minimum absolute atomic E-state index is 0. The van der Waals surface area contributed by atoms with E-state index < -0.39 is 0 Å². The second-order valence-electron chi connectivity index (χ2n) is 5.80. The van der Waals surface area contributed by atoms with Crippen LogP contribution in [0.1, 0.15) is 24.0 Å². The summed E-state index contributed by atoms with van der Waals surface area (Å²) in [5.74, 6) is 0.899. The molecular formula is C19H23Cl2NO. The molecule has 0 saturated heterocycles. The summed E-state index contributed by atoms with van der Waals surface area (Å²) in [4.78, 5) is 2.55. The number of ether oxygens (including phenoxy) is 1. The van der Waals surface area contributed by atoms with Crippen molar-refractivity contribution in [3.63, 3.8) is 0 Å². The van der Waals surface area contributed by atoms with Gasteiger partial charge < -0.3 is 4.74 Å². The van der Waals surface area contributed by atoms with Crippen molar-refractivity contribution in [1.29, 1.82) is 0 Å². The third kappa shape index (κ3) is 5.42. The summed E-state index contributed by atoms with van der Waals surface area (Å²) in [5, 5.41) is 0.748. The van der Waals surface area contributed by atoms with E-state index in [1.54, 1.807) is 0 Å². The van der Waals surface area contributed by atoms with Crippen LogP contribution in [-0.4, -0.2) is 24.6 Å². The number of halogens is 2. The highest BCUT2D eigenvalue weighted by atomic mass is 35.5. The van der Waals surface area contributed by atoms with E-state index in [4.69, 9.17) is 16.3 Å². The molecule has 0 spiro atoms. The Bertz CT molecular complexity index is 601. The SMILES string of the molecule is Cl.Clc1ccc(OCCCCN2CCc3ccccc3C2)cc1. The monoisotopic (exact) mass is 351 g/mol. The molecule has 1 heterocycles. The molecular weight excluding hydrogens is 329 g/mol. The maximum atomic E-state index is 5.86. The van der Waals surface area contributed by atoms with Gasteiger partial charge in [-0.05, 0) is 61.2 Å². The normalized spacial score (nSPS) is 14.0. The minimum Gasteiger partial charge on any atom is -0.494 e. The van der Waals surface area contributed by atoms with Gasteiger partial charge in [0, 0.05) is 18.1 Å². The Morgan fingerprint density at radius 3 is 2.48 bits per heavy atom. The van der Waals surface area contributed by atoms with Crippen LogP contribution < -0.4 is 4.74 Å². The molecule has 0 aromatic heterocycles. The van der Waals surface area contributed by atoms with Crippen molar-refractivity contribution in [2.24, 2.45) is 0 Å². The first-order valence-corrected chi connectivity index (χ1v) is 8.36. The molecule has 0 radical (unpaired) electrons. The molecule has 0 bridgehead atoms. The zero-order chi connectivity index (χ0) is 15.2. The molecule has 2 nitrogen and oxygen atoms in total. The van der Waals surface area contributed by atoms with Crippen LogP contribution >= 0.6 is 24.0 Å². The molecule has 0 amide bonds. The molecule has 0 fully saturated rings. The molecule has 1 aliphatic heterocycles. The lowest BCUT2D eigenvalue weighted by atomic mass is 10.00. The molecule has 0 saturated carbocycles. The summed E-state index contributed by atoms with van der Waals surface area (Å²) in [6.07, 6.45) is 3.44. The molecule has 2 aromatic rings. The molecule has 124 valence electrons. The first-order valence-electron chi connectivity index (χ1n) is 7.99. The number of hydrogen-bond acceptors (Lipinski definition) is 2. The second kappa shape index (κ2) is 9.17. The average molecular weight is 352 g/mol. The van der Waals surface area contributed by atoms with E-state index in [1.165, 1.54) is 30.5 Å². The standard InChI is InChI=1S/C19H22ClNO.ClH/c20-18-7-9-19(10-8-18)22-14-4-3-12-21-13-11-16-5-1-2-6-17(16)15-21;/h1-2,5-10H,3-4,11-15H2;1H. The van der Waals surface area contributed by atoms with Crippen LogP contribution in [0.15, 0.2) is 48.5 Å². The van der Waals surface area contributed by atoms with E-state index >= 15 is 0 Å². The number of fused-ring (bicyclic) bond motifs is 1. The van der Waals surface area contributed by atoms with Gasteiger partial charge in [-0.15, -0.1) is 12.4 Å². The fraction of sp³-hybridized carbons (Fsp3) is 0.368. The van der Waals surface area contributed by atoms with Crippen molar-refractivity contribution in [3.05, 3.63) is 64.7 Å². The van der Waals surface area contributed by atoms with Crippen LogP contribution in [0.2, 0.25) is 5.02 Å². The van der Waals surface area contributed by atoms with E-state index in [2.05, 4.69) is 29.2 Å². The van der Waals surface area contributed by atoms with E-state index in [9.17, 15) is 0 Å². The van der Waals surface area contributed by atoms with Gasteiger partial charge in [-0.1, -0.05) is 35.9 Å². The van der Waals surface area contributed by atoms with Gasteiger partial charge in [0.1, 0.15) is 5.75 Å². The number of benzene rings is 2. The van der Waals surface area contributed by atoms with Crippen molar-refractivity contribution in [2.45, 2.75) is 25.8 Å². The van der Waals surface area contributed by atoms with Crippen molar-refractivity contribution in [1.82, 2.24) is 4.90 Å². The quantitative estimate of drug-likeness (QED) is 0.680. The Balaban J connectivity index is 0.00000192. The van der Waals surface area contributed by atoms with E-state index in [0.29, 0.717) is 0 Å². The van der Waals surface area contributed by atoms with Crippen LogP contribution in [0.3, 0.4) is 0 Å². The van der Waals surface area contributed by atoms with E-state index in [0.717, 1.165) is 36.9 Å². The average Bonchev–Trinajstić information content (AvgIpc) is 2.56.